The number of fused-ring (bicyclic) bond motifs is 3. The molecule has 3 aliphatic carbocycles. The molecule has 0 aromatic heterocycles. The molecule has 20 nitrogen and oxygen atoms in total. The van der Waals surface area contributed by atoms with Crippen molar-refractivity contribution in [3.63, 3.8) is 0 Å². The van der Waals surface area contributed by atoms with Crippen LogP contribution in [-0.4, -0.2) is 105 Å². The summed E-state index contributed by atoms with van der Waals surface area (Å²) >= 11 is 2.41. The summed E-state index contributed by atoms with van der Waals surface area (Å²) in [5.74, 6) is -6.05. The first-order valence-corrected chi connectivity index (χ1v) is 30.6. The third-order valence-electron chi connectivity index (χ3n) is 15.2. The number of rotatable bonds is 26. The van der Waals surface area contributed by atoms with Gasteiger partial charge < -0.3 is 47.4 Å². The maximum absolute atomic E-state index is 14.3. The number of allylic oxidation sites excluding steroid dienone is 1. The van der Waals surface area contributed by atoms with E-state index in [1.807, 2.05) is 24.3 Å². The van der Waals surface area contributed by atoms with Gasteiger partial charge in [0.1, 0.15) is 49.4 Å². The molecule has 0 bridgehead atoms. The van der Waals surface area contributed by atoms with E-state index in [9.17, 15) is 47.9 Å². The molecule has 466 valence electrons. The van der Waals surface area contributed by atoms with Crippen LogP contribution in [0.25, 0.3) is 10.8 Å². The minimum absolute atomic E-state index is 0.0174. The molecule has 2 unspecified atom stereocenters. The van der Waals surface area contributed by atoms with Crippen LogP contribution in [0.1, 0.15) is 77.6 Å². The first-order valence-electron chi connectivity index (χ1n) is 28.9. The van der Waals surface area contributed by atoms with Gasteiger partial charge in [0.15, 0.2) is 29.5 Å². The third kappa shape index (κ3) is 16.2. The van der Waals surface area contributed by atoms with Gasteiger partial charge in [0.2, 0.25) is 0 Å². The topological polar surface area (TPSA) is 263 Å². The SMILES string of the molecule is C=CC(=O)OCC(COc1ccc(OC(=O)C2CCC(C(=O)OCCc3c4c(c(OC(=O)C5CCC(C(=O)Oc6ccc(OCC(COC(=O)C=C)OC(=O)C=C)cc6)CC5)c5ccccc35)SC(=C3C(=O)c5ccccc5C3=O)S4)CC2)cc1)OC(=O)C=C. The summed E-state index contributed by atoms with van der Waals surface area (Å²) in [6.45, 7) is 12.5. The molecular formula is C68H62O20S2. The van der Waals surface area contributed by atoms with Gasteiger partial charge in [-0.1, -0.05) is 98.4 Å². The van der Waals surface area contributed by atoms with E-state index in [0.717, 1.165) is 29.9 Å². The number of hydrogen-bond donors (Lipinski definition) is 0. The minimum atomic E-state index is -0.943. The molecule has 2 saturated carbocycles. The smallest absolute Gasteiger partial charge is 0.330 e. The van der Waals surface area contributed by atoms with Crippen LogP contribution in [0, 0.1) is 23.7 Å². The fraction of sp³-hybridized carbons (Fsp3) is 0.294. The van der Waals surface area contributed by atoms with E-state index in [-0.39, 0.29) is 62.3 Å². The van der Waals surface area contributed by atoms with Crippen molar-refractivity contribution < 1.29 is 95.3 Å². The highest BCUT2D eigenvalue weighted by atomic mass is 32.2. The second kappa shape index (κ2) is 30.6. The lowest BCUT2D eigenvalue weighted by molar-refractivity contribution is -0.154. The van der Waals surface area contributed by atoms with Gasteiger partial charge in [0.05, 0.1) is 45.0 Å². The van der Waals surface area contributed by atoms with E-state index >= 15 is 0 Å². The van der Waals surface area contributed by atoms with Crippen LogP contribution in [0.4, 0.5) is 0 Å². The number of thioether (sulfide) groups is 2. The Kier molecular flexibility index (Phi) is 22.1. The van der Waals surface area contributed by atoms with Gasteiger partial charge in [-0.25, -0.2) is 19.2 Å². The molecule has 0 N–H and O–H groups in total. The van der Waals surface area contributed by atoms with E-state index in [0.29, 0.717) is 98.8 Å². The molecule has 0 spiro atoms. The van der Waals surface area contributed by atoms with Crippen LogP contribution >= 0.6 is 23.5 Å². The molecule has 5 aromatic carbocycles. The van der Waals surface area contributed by atoms with E-state index in [1.54, 1.807) is 60.7 Å². The number of ether oxygens (including phenoxy) is 10. The molecule has 0 amide bonds. The molecule has 1 heterocycles. The van der Waals surface area contributed by atoms with E-state index < -0.39 is 95.2 Å². The normalized spacial score (nSPS) is 18.0. The highest BCUT2D eigenvalue weighted by Gasteiger charge is 2.41. The van der Waals surface area contributed by atoms with Crippen LogP contribution in [-0.2, 0) is 68.5 Å². The molecule has 4 aliphatic rings. The molecule has 2 atom stereocenters. The largest absolute Gasteiger partial charge is 0.490 e. The Morgan fingerprint density at radius 3 is 1.28 bits per heavy atom. The number of ketones is 2. The molecule has 22 heteroatoms. The summed E-state index contributed by atoms with van der Waals surface area (Å²) in [6, 6.07) is 26.4. The Hall–Kier alpha value is -9.54. The number of Topliss-reactive ketones (excluding diaryl/α,β-unsaturated/α-hetero) is 2. The molecule has 0 saturated heterocycles. The van der Waals surface area contributed by atoms with Crippen molar-refractivity contribution in [2.45, 2.75) is 79.8 Å². The summed E-state index contributed by atoms with van der Waals surface area (Å²) < 4.78 is 56.0. The summed E-state index contributed by atoms with van der Waals surface area (Å²) in [6.07, 6.45) is 5.12. The van der Waals surface area contributed by atoms with Crippen LogP contribution in [0.15, 0.2) is 167 Å². The minimum Gasteiger partial charge on any atom is -0.490 e. The second-order valence-corrected chi connectivity index (χ2v) is 23.4. The first kappa shape index (κ1) is 64.9. The van der Waals surface area contributed by atoms with Crippen LogP contribution in [0.3, 0.4) is 0 Å². The van der Waals surface area contributed by atoms with E-state index in [2.05, 4.69) is 26.3 Å². The van der Waals surface area contributed by atoms with Crippen LogP contribution < -0.4 is 23.7 Å². The number of carbonyl (C=O) groups excluding carboxylic acids is 10. The zero-order valence-electron chi connectivity index (χ0n) is 48.7. The fourth-order valence-corrected chi connectivity index (χ4v) is 13.4. The predicted molar refractivity (Wildman–Crippen MR) is 327 cm³/mol. The average molecular weight is 1260 g/mol. The van der Waals surface area contributed by atoms with E-state index in [1.165, 1.54) is 35.7 Å². The Balaban J connectivity index is 0.808. The van der Waals surface area contributed by atoms with Gasteiger partial charge in [-0.15, -0.1) is 0 Å². The Bertz CT molecular complexity index is 3640. The van der Waals surface area contributed by atoms with Crippen molar-refractivity contribution in [3.05, 3.63) is 174 Å². The van der Waals surface area contributed by atoms with Gasteiger partial charge in [-0.2, -0.15) is 0 Å². The van der Waals surface area contributed by atoms with Crippen molar-refractivity contribution >= 4 is 93.6 Å². The maximum Gasteiger partial charge on any atom is 0.330 e. The fourth-order valence-electron chi connectivity index (χ4n) is 10.5. The van der Waals surface area contributed by atoms with E-state index in [4.69, 9.17) is 47.4 Å². The van der Waals surface area contributed by atoms with Gasteiger partial charge >= 0.3 is 47.8 Å². The molecule has 90 heavy (non-hydrogen) atoms. The molecule has 9 rings (SSSR count). The lowest BCUT2D eigenvalue weighted by atomic mass is 9.82. The van der Waals surface area contributed by atoms with Crippen LogP contribution in [0.2, 0.25) is 0 Å². The van der Waals surface area contributed by atoms with Crippen molar-refractivity contribution in [3.8, 4) is 28.7 Å². The molecular weight excluding hydrogens is 1200 g/mol. The predicted octanol–water partition coefficient (Wildman–Crippen LogP) is 10.6. The number of esters is 8. The quantitative estimate of drug-likeness (QED) is 0.0164. The van der Waals surface area contributed by atoms with Crippen LogP contribution in [0.5, 0.6) is 28.7 Å². The number of hydrogen-bond acceptors (Lipinski definition) is 22. The molecule has 5 aromatic rings. The monoisotopic (exact) mass is 1260 g/mol. The molecule has 2 fully saturated rings. The lowest BCUT2D eigenvalue weighted by Crippen LogP contribution is -2.30. The van der Waals surface area contributed by atoms with Gasteiger partial charge in [-0.3, -0.25) is 28.8 Å². The number of carbonyl (C=O) groups is 10. The second-order valence-electron chi connectivity index (χ2n) is 21.1. The Morgan fingerprint density at radius 2 is 0.833 bits per heavy atom. The third-order valence-corrected chi connectivity index (χ3v) is 17.9. The summed E-state index contributed by atoms with van der Waals surface area (Å²) in [7, 11) is 0. The Labute approximate surface area is 525 Å². The van der Waals surface area contributed by atoms with Gasteiger partial charge in [0, 0.05) is 52.1 Å². The summed E-state index contributed by atoms with van der Waals surface area (Å²) in [4.78, 5) is 131. The average Bonchev–Trinajstić information content (AvgIpc) is 1.56. The van der Waals surface area contributed by atoms with Crippen molar-refractivity contribution in [1.82, 2.24) is 0 Å². The van der Waals surface area contributed by atoms with Gasteiger partial charge in [-0.05, 0) is 111 Å². The van der Waals surface area contributed by atoms with Gasteiger partial charge in [0.25, 0.3) is 0 Å². The summed E-state index contributed by atoms with van der Waals surface area (Å²) in [5, 5.41) is 1.30. The standard InChI is InChI=1S/C68H62O20S2/c1-5-54(69)82-37-47(84-56(71)7-3)35-80-43-25-29-45(30-26-43)86-65(76)40-19-17-39(18-20-40)64(75)79-34-33-53-49-13-9-12-16-52(49)61(63-62(53)89-68(90-63)58-59(73)50-14-10-11-15-51(50)60(58)74)88-67(78)42-23-21-41(22-24-42)66(77)87-46-31-27-44(28-32-46)81-36-48(85-57(72)8-4)38-83-55(70)6-2/h5-16,25-32,39-42,47-48H,1-4,17-24,33-38H2. The van der Waals surface area contributed by atoms with Crippen molar-refractivity contribution in [2.24, 2.45) is 23.7 Å². The zero-order chi connectivity index (χ0) is 63.8. The van der Waals surface area contributed by atoms with Crippen molar-refractivity contribution in [2.75, 3.05) is 33.0 Å². The highest BCUT2D eigenvalue weighted by Crippen LogP contribution is 2.60. The van der Waals surface area contributed by atoms with Crippen molar-refractivity contribution in [1.29, 1.82) is 0 Å². The molecule has 1 aliphatic heterocycles. The first-order chi connectivity index (χ1) is 43.5. The lowest BCUT2D eigenvalue weighted by Gasteiger charge is -2.26. The summed E-state index contributed by atoms with van der Waals surface area (Å²) in [5.41, 5.74) is 1.37. The Morgan fingerprint density at radius 1 is 0.444 bits per heavy atom. The highest BCUT2D eigenvalue weighted by molar-refractivity contribution is 8.25. The zero-order valence-corrected chi connectivity index (χ0v) is 50.4. The number of benzene rings is 5. The molecule has 0 radical (unpaired) electrons. The maximum atomic E-state index is 14.3.